The van der Waals surface area contributed by atoms with Gasteiger partial charge in [0.1, 0.15) is 5.60 Å². The molecule has 0 saturated carbocycles. The van der Waals surface area contributed by atoms with E-state index in [1.165, 1.54) is 0 Å². The van der Waals surface area contributed by atoms with Crippen LogP contribution in [0.1, 0.15) is 50.4 Å². The van der Waals surface area contributed by atoms with Crippen molar-refractivity contribution in [2.45, 2.75) is 50.7 Å². The van der Waals surface area contributed by atoms with Crippen molar-refractivity contribution in [2.24, 2.45) is 0 Å². The van der Waals surface area contributed by atoms with Gasteiger partial charge in [0.2, 0.25) is 0 Å². The van der Waals surface area contributed by atoms with Gasteiger partial charge < -0.3 is 10.1 Å². The van der Waals surface area contributed by atoms with Gasteiger partial charge in [0.25, 0.3) is 0 Å². The standard InChI is InChI=1S/C16H24N2O3S/c1-16(2,3)21-15(20)17-10-6-5-7-13(19)12-8-9-14(22-4)18-11-12/h8-9,11H,5-7,10H2,1-4H3,(H,17,20). The number of hydrogen-bond acceptors (Lipinski definition) is 5. The monoisotopic (exact) mass is 324 g/mol. The van der Waals surface area contributed by atoms with Gasteiger partial charge in [-0.15, -0.1) is 11.8 Å². The molecular formula is C16H24N2O3S. The number of hydrogen-bond donors (Lipinski definition) is 1. The third kappa shape index (κ3) is 7.45. The summed E-state index contributed by atoms with van der Waals surface area (Å²) in [5.41, 5.74) is 0.147. The third-order valence-corrected chi connectivity index (χ3v) is 3.43. The Morgan fingerprint density at radius 3 is 2.55 bits per heavy atom. The van der Waals surface area contributed by atoms with Crippen molar-refractivity contribution in [3.8, 4) is 0 Å². The Morgan fingerprint density at radius 1 is 1.27 bits per heavy atom. The van der Waals surface area contributed by atoms with Crippen LogP contribution in [-0.2, 0) is 4.74 Å². The fraction of sp³-hybridized carbons (Fsp3) is 0.562. The van der Waals surface area contributed by atoms with Gasteiger partial charge >= 0.3 is 6.09 Å². The lowest BCUT2D eigenvalue weighted by Crippen LogP contribution is -2.33. The molecule has 0 atom stereocenters. The summed E-state index contributed by atoms with van der Waals surface area (Å²) in [5.74, 6) is 0.0809. The number of unbranched alkanes of at least 4 members (excludes halogenated alkanes) is 1. The second-order valence-electron chi connectivity index (χ2n) is 5.90. The summed E-state index contributed by atoms with van der Waals surface area (Å²) in [4.78, 5) is 27.6. The molecule has 122 valence electrons. The SMILES string of the molecule is CSc1ccc(C(=O)CCCCNC(=O)OC(C)(C)C)cn1. The van der Waals surface area contributed by atoms with Crippen molar-refractivity contribution < 1.29 is 14.3 Å². The van der Waals surface area contributed by atoms with E-state index in [9.17, 15) is 9.59 Å². The number of ether oxygens (including phenoxy) is 1. The minimum atomic E-state index is -0.490. The van der Waals surface area contributed by atoms with E-state index in [4.69, 9.17) is 4.74 Å². The average Bonchev–Trinajstić information content (AvgIpc) is 2.45. The molecule has 1 rings (SSSR count). The van der Waals surface area contributed by atoms with E-state index in [-0.39, 0.29) is 5.78 Å². The quantitative estimate of drug-likeness (QED) is 0.471. The van der Waals surface area contributed by atoms with Crippen LogP contribution in [0.3, 0.4) is 0 Å². The van der Waals surface area contributed by atoms with E-state index in [1.807, 2.05) is 33.1 Å². The van der Waals surface area contributed by atoms with Crippen LogP contribution in [0.5, 0.6) is 0 Å². The summed E-state index contributed by atoms with van der Waals surface area (Å²) >= 11 is 1.55. The summed E-state index contributed by atoms with van der Waals surface area (Å²) in [7, 11) is 0. The van der Waals surface area contributed by atoms with Crippen molar-refractivity contribution in [3.63, 3.8) is 0 Å². The molecule has 22 heavy (non-hydrogen) atoms. The van der Waals surface area contributed by atoms with Gasteiger partial charge in [-0.05, 0) is 52.0 Å². The molecule has 1 aromatic rings. The summed E-state index contributed by atoms with van der Waals surface area (Å²) < 4.78 is 5.13. The Morgan fingerprint density at radius 2 is 2.00 bits per heavy atom. The molecule has 0 aliphatic heterocycles. The predicted molar refractivity (Wildman–Crippen MR) is 88.4 cm³/mol. The second-order valence-corrected chi connectivity index (χ2v) is 6.72. The van der Waals surface area contributed by atoms with Crippen LogP contribution >= 0.6 is 11.8 Å². The highest BCUT2D eigenvalue weighted by molar-refractivity contribution is 7.98. The normalized spacial score (nSPS) is 11.1. The summed E-state index contributed by atoms with van der Waals surface area (Å²) in [6, 6.07) is 3.65. The smallest absolute Gasteiger partial charge is 0.407 e. The fourth-order valence-corrected chi connectivity index (χ4v) is 2.09. The zero-order chi connectivity index (χ0) is 16.6. The van der Waals surface area contributed by atoms with Crippen molar-refractivity contribution in [2.75, 3.05) is 12.8 Å². The van der Waals surface area contributed by atoms with Crippen LogP contribution in [-0.4, -0.2) is 35.3 Å². The summed E-state index contributed by atoms with van der Waals surface area (Å²) in [6.45, 7) is 5.97. The van der Waals surface area contributed by atoms with Crippen LogP contribution in [0.4, 0.5) is 4.79 Å². The zero-order valence-corrected chi connectivity index (χ0v) is 14.5. The molecule has 1 N–H and O–H groups in total. The first-order valence-electron chi connectivity index (χ1n) is 7.32. The van der Waals surface area contributed by atoms with Gasteiger partial charge in [-0.1, -0.05) is 0 Å². The first-order valence-corrected chi connectivity index (χ1v) is 8.54. The minimum absolute atomic E-state index is 0.0809. The highest BCUT2D eigenvalue weighted by atomic mass is 32.2. The highest BCUT2D eigenvalue weighted by Gasteiger charge is 2.15. The molecule has 0 fully saturated rings. The molecule has 0 aromatic carbocycles. The largest absolute Gasteiger partial charge is 0.444 e. The zero-order valence-electron chi connectivity index (χ0n) is 13.6. The fourth-order valence-electron chi connectivity index (χ4n) is 1.73. The highest BCUT2D eigenvalue weighted by Crippen LogP contribution is 2.13. The number of Topliss-reactive ketones (excluding diaryl/α,β-unsaturated/α-hetero) is 1. The van der Waals surface area contributed by atoms with Crippen LogP contribution in [0.15, 0.2) is 23.4 Å². The van der Waals surface area contributed by atoms with E-state index < -0.39 is 11.7 Å². The van der Waals surface area contributed by atoms with E-state index in [0.29, 0.717) is 18.5 Å². The van der Waals surface area contributed by atoms with Crippen molar-refractivity contribution in [3.05, 3.63) is 23.9 Å². The molecule has 0 radical (unpaired) electrons. The average molecular weight is 324 g/mol. The Balaban J connectivity index is 2.21. The van der Waals surface area contributed by atoms with E-state index in [1.54, 1.807) is 24.0 Å². The lowest BCUT2D eigenvalue weighted by molar-refractivity contribution is 0.0527. The number of nitrogens with one attached hydrogen (secondary N) is 1. The maximum absolute atomic E-state index is 12.0. The maximum Gasteiger partial charge on any atom is 0.407 e. The number of ketones is 1. The molecule has 0 unspecified atom stereocenters. The van der Waals surface area contributed by atoms with Crippen LogP contribution in [0.25, 0.3) is 0 Å². The lowest BCUT2D eigenvalue weighted by atomic mass is 10.1. The lowest BCUT2D eigenvalue weighted by Gasteiger charge is -2.19. The Bertz CT molecular complexity index is 495. The van der Waals surface area contributed by atoms with Crippen molar-refractivity contribution in [1.82, 2.24) is 10.3 Å². The first kappa shape index (κ1) is 18.5. The molecule has 0 spiro atoms. The number of thioether (sulfide) groups is 1. The molecule has 0 saturated heterocycles. The molecule has 5 nitrogen and oxygen atoms in total. The van der Waals surface area contributed by atoms with Gasteiger partial charge in [0.05, 0.1) is 5.03 Å². The number of alkyl carbamates (subject to hydrolysis) is 1. The molecule has 1 amide bonds. The predicted octanol–water partition coefficient (Wildman–Crippen LogP) is 3.68. The molecule has 0 bridgehead atoms. The summed E-state index contributed by atoms with van der Waals surface area (Å²) in [6.07, 6.45) is 5.06. The van der Waals surface area contributed by atoms with Crippen molar-refractivity contribution >= 4 is 23.6 Å². The van der Waals surface area contributed by atoms with Crippen LogP contribution in [0, 0.1) is 0 Å². The number of carbonyl (C=O) groups excluding carboxylic acids is 2. The molecule has 1 heterocycles. The van der Waals surface area contributed by atoms with Gasteiger partial charge in [-0.2, -0.15) is 0 Å². The number of nitrogens with zero attached hydrogens (tertiary/aromatic N) is 1. The van der Waals surface area contributed by atoms with Crippen molar-refractivity contribution in [1.29, 1.82) is 0 Å². The van der Waals surface area contributed by atoms with E-state index >= 15 is 0 Å². The molecule has 0 aliphatic carbocycles. The Hall–Kier alpha value is -1.56. The summed E-state index contributed by atoms with van der Waals surface area (Å²) in [5, 5.41) is 3.58. The van der Waals surface area contributed by atoms with Crippen LogP contribution < -0.4 is 5.32 Å². The Labute approximate surface area is 136 Å². The van der Waals surface area contributed by atoms with Gasteiger partial charge in [0, 0.05) is 24.7 Å². The van der Waals surface area contributed by atoms with Gasteiger partial charge in [-0.25, -0.2) is 9.78 Å². The molecule has 1 aromatic heterocycles. The van der Waals surface area contributed by atoms with Gasteiger partial charge in [0.15, 0.2) is 5.78 Å². The molecule has 0 aliphatic rings. The number of amides is 1. The topological polar surface area (TPSA) is 68.3 Å². The van der Waals surface area contributed by atoms with E-state index in [2.05, 4.69) is 10.3 Å². The van der Waals surface area contributed by atoms with Gasteiger partial charge in [-0.3, -0.25) is 4.79 Å². The van der Waals surface area contributed by atoms with Crippen LogP contribution in [0.2, 0.25) is 0 Å². The molecular weight excluding hydrogens is 300 g/mol. The van der Waals surface area contributed by atoms with E-state index in [0.717, 1.165) is 17.9 Å². The molecule has 6 heteroatoms. The number of rotatable bonds is 7. The number of aromatic nitrogens is 1. The number of pyridine rings is 1. The number of carbonyl (C=O) groups is 2. The second kappa shape index (κ2) is 8.78. The maximum atomic E-state index is 12.0. The minimum Gasteiger partial charge on any atom is -0.444 e. The Kier molecular flexibility index (Phi) is 7.38. The first-order chi connectivity index (χ1) is 10.3. The third-order valence-electron chi connectivity index (χ3n) is 2.77.